The van der Waals surface area contributed by atoms with Crippen molar-refractivity contribution in [3.63, 3.8) is 0 Å². The molecule has 0 heterocycles. The second kappa shape index (κ2) is 6.91. The summed E-state index contributed by atoms with van der Waals surface area (Å²) in [7, 11) is 0. The van der Waals surface area contributed by atoms with Crippen molar-refractivity contribution in [1.82, 2.24) is 0 Å². The quantitative estimate of drug-likeness (QED) is 0.856. The second-order valence-electron chi connectivity index (χ2n) is 4.09. The van der Waals surface area contributed by atoms with E-state index in [-0.39, 0.29) is 24.2 Å². The van der Waals surface area contributed by atoms with Gasteiger partial charge in [0.2, 0.25) is 5.91 Å². The molecule has 104 valence electrons. The van der Waals surface area contributed by atoms with Crippen molar-refractivity contribution in [3.05, 3.63) is 59.9 Å². The van der Waals surface area contributed by atoms with Crippen molar-refractivity contribution in [2.45, 2.75) is 6.61 Å². The first kappa shape index (κ1) is 14.3. The van der Waals surface area contributed by atoms with Gasteiger partial charge in [-0.15, -0.1) is 11.6 Å². The van der Waals surface area contributed by atoms with Crippen LogP contribution in [0.2, 0.25) is 0 Å². The summed E-state index contributed by atoms with van der Waals surface area (Å²) in [5.41, 5.74) is 1.06. The van der Waals surface area contributed by atoms with Gasteiger partial charge in [0, 0.05) is 17.3 Å². The fourth-order valence-corrected chi connectivity index (χ4v) is 1.70. The molecule has 2 aromatic rings. The topological polar surface area (TPSA) is 38.3 Å². The maximum Gasteiger partial charge on any atom is 0.239 e. The molecule has 3 nitrogen and oxygen atoms in total. The van der Waals surface area contributed by atoms with Crippen LogP contribution in [0.3, 0.4) is 0 Å². The Labute approximate surface area is 121 Å². The molecule has 0 aliphatic heterocycles. The molecular weight excluding hydrogens is 281 g/mol. The summed E-state index contributed by atoms with van der Waals surface area (Å²) in [6.07, 6.45) is 0. The Balaban J connectivity index is 2.01. The van der Waals surface area contributed by atoms with Crippen molar-refractivity contribution >= 4 is 23.2 Å². The van der Waals surface area contributed by atoms with Crippen molar-refractivity contribution in [1.29, 1.82) is 0 Å². The van der Waals surface area contributed by atoms with Gasteiger partial charge >= 0.3 is 0 Å². The molecule has 5 heteroatoms. The van der Waals surface area contributed by atoms with Crippen molar-refractivity contribution in [3.8, 4) is 5.75 Å². The highest BCUT2D eigenvalue weighted by Gasteiger charge is 2.04. The minimum Gasteiger partial charge on any atom is -0.489 e. The van der Waals surface area contributed by atoms with Gasteiger partial charge in [-0.3, -0.25) is 4.79 Å². The highest BCUT2D eigenvalue weighted by molar-refractivity contribution is 6.29. The minimum atomic E-state index is -0.306. The fourth-order valence-electron chi connectivity index (χ4n) is 1.63. The molecule has 0 spiro atoms. The van der Waals surface area contributed by atoms with Crippen LogP contribution in [0.1, 0.15) is 5.56 Å². The average Bonchev–Trinajstić information content (AvgIpc) is 2.47. The zero-order chi connectivity index (χ0) is 14.4. The van der Waals surface area contributed by atoms with Gasteiger partial charge in [-0.25, -0.2) is 4.39 Å². The van der Waals surface area contributed by atoms with E-state index in [1.165, 1.54) is 6.07 Å². The smallest absolute Gasteiger partial charge is 0.239 e. The maximum absolute atomic E-state index is 13.4. The highest BCUT2D eigenvalue weighted by atomic mass is 35.5. The number of rotatable bonds is 5. The summed E-state index contributed by atoms with van der Waals surface area (Å²) in [5.74, 6) is -0.169. The van der Waals surface area contributed by atoms with Crippen LogP contribution in [0.5, 0.6) is 5.75 Å². The third kappa shape index (κ3) is 3.96. The molecule has 0 radical (unpaired) electrons. The Kier molecular flexibility index (Phi) is 4.96. The molecule has 1 amide bonds. The molecule has 0 saturated heterocycles. The monoisotopic (exact) mass is 293 g/mol. The third-order valence-electron chi connectivity index (χ3n) is 2.59. The van der Waals surface area contributed by atoms with Crippen LogP contribution in [0.25, 0.3) is 0 Å². The zero-order valence-electron chi connectivity index (χ0n) is 10.6. The minimum absolute atomic E-state index is 0.111. The average molecular weight is 294 g/mol. The highest BCUT2D eigenvalue weighted by Crippen LogP contribution is 2.19. The summed E-state index contributed by atoms with van der Waals surface area (Å²) >= 11 is 5.42. The largest absolute Gasteiger partial charge is 0.489 e. The van der Waals surface area contributed by atoms with Crippen molar-refractivity contribution in [2.24, 2.45) is 0 Å². The molecule has 2 aromatic carbocycles. The number of alkyl halides is 1. The van der Waals surface area contributed by atoms with Gasteiger partial charge in [0.25, 0.3) is 0 Å². The molecule has 0 fully saturated rings. The number of ether oxygens (including phenoxy) is 1. The SMILES string of the molecule is O=C(CCl)Nc1cccc(OCc2ccccc2F)c1. The Bertz CT molecular complexity index is 604. The lowest BCUT2D eigenvalue weighted by molar-refractivity contribution is -0.113. The van der Waals surface area contributed by atoms with Crippen LogP contribution in [0.15, 0.2) is 48.5 Å². The van der Waals surface area contributed by atoms with Crippen LogP contribution in [-0.2, 0) is 11.4 Å². The first-order valence-electron chi connectivity index (χ1n) is 6.01. The Morgan fingerprint density at radius 3 is 2.75 bits per heavy atom. The van der Waals surface area contributed by atoms with E-state index in [0.717, 1.165) is 0 Å². The first-order chi connectivity index (χ1) is 9.69. The van der Waals surface area contributed by atoms with E-state index in [9.17, 15) is 9.18 Å². The molecule has 0 unspecified atom stereocenters. The summed E-state index contributed by atoms with van der Waals surface area (Å²) in [4.78, 5) is 11.2. The number of anilines is 1. The predicted molar refractivity (Wildman–Crippen MR) is 76.5 cm³/mol. The number of benzene rings is 2. The van der Waals surface area contributed by atoms with E-state index >= 15 is 0 Å². The number of hydrogen-bond donors (Lipinski definition) is 1. The van der Waals surface area contributed by atoms with Crippen LogP contribution in [0.4, 0.5) is 10.1 Å². The lowest BCUT2D eigenvalue weighted by Gasteiger charge is -2.09. The predicted octanol–water partition coefficient (Wildman–Crippen LogP) is 3.58. The van der Waals surface area contributed by atoms with Gasteiger partial charge in [0.1, 0.15) is 24.1 Å². The summed E-state index contributed by atoms with van der Waals surface area (Å²) in [5, 5.41) is 2.62. The van der Waals surface area contributed by atoms with Gasteiger partial charge in [0.15, 0.2) is 0 Å². The Morgan fingerprint density at radius 2 is 2.00 bits per heavy atom. The van der Waals surface area contributed by atoms with E-state index in [1.54, 1.807) is 42.5 Å². The molecule has 2 rings (SSSR count). The number of halogens is 2. The van der Waals surface area contributed by atoms with Gasteiger partial charge in [-0.2, -0.15) is 0 Å². The van der Waals surface area contributed by atoms with Crippen molar-refractivity contribution < 1.29 is 13.9 Å². The number of hydrogen-bond acceptors (Lipinski definition) is 2. The molecule has 0 aliphatic rings. The van der Waals surface area contributed by atoms with Gasteiger partial charge < -0.3 is 10.1 Å². The second-order valence-corrected chi connectivity index (χ2v) is 4.36. The van der Waals surface area contributed by atoms with E-state index < -0.39 is 0 Å². The van der Waals surface area contributed by atoms with Crippen LogP contribution < -0.4 is 10.1 Å². The number of carbonyl (C=O) groups excluding carboxylic acids is 1. The number of carbonyl (C=O) groups is 1. The van der Waals surface area contributed by atoms with Gasteiger partial charge in [-0.05, 0) is 18.2 Å². The molecule has 0 bridgehead atoms. The molecule has 0 atom stereocenters. The van der Waals surface area contributed by atoms with Crippen molar-refractivity contribution in [2.75, 3.05) is 11.2 Å². The summed E-state index contributed by atoms with van der Waals surface area (Å²) in [6.45, 7) is 0.125. The van der Waals surface area contributed by atoms with E-state index in [2.05, 4.69) is 5.32 Å². The van der Waals surface area contributed by atoms with E-state index in [1.807, 2.05) is 0 Å². The zero-order valence-corrected chi connectivity index (χ0v) is 11.4. The van der Waals surface area contributed by atoms with Gasteiger partial charge in [0.05, 0.1) is 0 Å². The molecule has 0 aromatic heterocycles. The molecule has 1 N–H and O–H groups in total. The fraction of sp³-hybridized carbons (Fsp3) is 0.133. The molecular formula is C15H13ClFNO2. The molecule has 0 aliphatic carbocycles. The van der Waals surface area contributed by atoms with Gasteiger partial charge in [-0.1, -0.05) is 24.3 Å². The first-order valence-corrected chi connectivity index (χ1v) is 6.54. The Morgan fingerprint density at radius 1 is 1.20 bits per heavy atom. The number of amides is 1. The lowest BCUT2D eigenvalue weighted by atomic mass is 10.2. The lowest BCUT2D eigenvalue weighted by Crippen LogP contribution is -2.12. The standard InChI is InChI=1S/C15H13ClFNO2/c16-9-15(19)18-12-5-3-6-13(8-12)20-10-11-4-1-2-7-14(11)17/h1-8H,9-10H2,(H,18,19). The third-order valence-corrected chi connectivity index (χ3v) is 2.83. The molecule has 0 saturated carbocycles. The molecule has 20 heavy (non-hydrogen) atoms. The maximum atomic E-state index is 13.4. The van der Waals surface area contributed by atoms with E-state index in [4.69, 9.17) is 16.3 Å². The van der Waals surface area contributed by atoms with E-state index in [0.29, 0.717) is 17.0 Å². The number of nitrogens with one attached hydrogen (secondary N) is 1. The van der Waals surface area contributed by atoms with Crippen LogP contribution in [-0.4, -0.2) is 11.8 Å². The summed E-state index contributed by atoms with van der Waals surface area (Å²) in [6, 6.07) is 13.3. The van der Waals surface area contributed by atoms with Crippen LogP contribution in [0, 0.1) is 5.82 Å². The normalized spacial score (nSPS) is 10.1. The Hall–Kier alpha value is -2.07. The van der Waals surface area contributed by atoms with Crippen LogP contribution >= 0.6 is 11.6 Å². The summed E-state index contributed by atoms with van der Waals surface area (Å²) < 4.78 is 18.9.